The van der Waals surface area contributed by atoms with E-state index in [2.05, 4.69) is 32.6 Å². The van der Waals surface area contributed by atoms with E-state index < -0.39 is 18.3 Å². The molecule has 2 aliphatic rings. The zero-order valence-electron chi connectivity index (χ0n) is 16.7. The van der Waals surface area contributed by atoms with Gasteiger partial charge in [-0.05, 0) is 23.6 Å². The van der Waals surface area contributed by atoms with Crippen molar-refractivity contribution in [2.24, 2.45) is 0 Å². The van der Waals surface area contributed by atoms with Crippen LogP contribution < -0.4 is 15.5 Å². The first-order valence-corrected chi connectivity index (χ1v) is 11.2. The quantitative estimate of drug-likeness (QED) is 0.547. The number of nitrogens with zero attached hydrogens (tertiary/aromatic N) is 2. The number of ether oxygens (including phenoxy) is 1. The van der Waals surface area contributed by atoms with Crippen LogP contribution in [0.3, 0.4) is 0 Å². The predicted octanol–water partition coefficient (Wildman–Crippen LogP) is 1.18. The number of hydrogen-bond acceptors (Lipinski definition) is 7. The monoisotopic (exact) mass is 432 g/mol. The molecule has 162 valence electrons. The molecule has 4 atom stereocenters. The van der Waals surface area contributed by atoms with Gasteiger partial charge in [0.15, 0.2) is 0 Å². The second kappa shape index (κ2) is 9.76. The molecular weight excluding hydrogens is 404 g/mol. The molecule has 8 nitrogen and oxygen atoms in total. The van der Waals surface area contributed by atoms with E-state index in [1.54, 1.807) is 0 Å². The number of benzene rings is 1. The van der Waals surface area contributed by atoms with Crippen molar-refractivity contribution in [3.63, 3.8) is 0 Å². The summed E-state index contributed by atoms with van der Waals surface area (Å²) in [6.45, 7) is 3.24. The first-order chi connectivity index (χ1) is 14.7. The van der Waals surface area contributed by atoms with E-state index in [9.17, 15) is 15.0 Å². The molecule has 2 aliphatic heterocycles. The summed E-state index contributed by atoms with van der Waals surface area (Å²) in [5.41, 5.74) is 1.93. The maximum Gasteiger partial charge on any atom is 0.319 e. The molecule has 0 saturated carbocycles. The third-order valence-corrected chi connectivity index (χ3v) is 6.42. The Labute approximate surface area is 180 Å². The number of rotatable bonds is 6. The summed E-state index contributed by atoms with van der Waals surface area (Å²) < 4.78 is 5.89. The van der Waals surface area contributed by atoms with Gasteiger partial charge < -0.3 is 30.5 Å². The highest BCUT2D eigenvalue weighted by molar-refractivity contribution is 7.08. The molecule has 2 aromatic rings. The number of anilines is 2. The Morgan fingerprint density at radius 3 is 2.57 bits per heavy atom. The van der Waals surface area contributed by atoms with Crippen LogP contribution in [0.4, 0.5) is 16.2 Å². The van der Waals surface area contributed by atoms with Gasteiger partial charge in [0.2, 0.25) is 0 Å². The molecule has 0 bridgehead atoms. The van der Waals surface area contributed by atoms with Crippen LogP contribution in [0, 0.1) is 0 Å². The van der Waals surface area contributed by atoms with Gasteiger partial charge in [-0.2, -0.15) is 11.3 Å². The van der Waals surface area contributed by atoms with E-state index in [-0.39, 0.29) is 25.2 Å². The van der Waals surface area contributed by atoms with Crippen molar-refractivity contribution in [3.05, 3.63) is 47.2 Å². The molecule has 0 unspecified atom stereocenters. The molecule has 1 aromatic carbocycles. The predicted molar refractivity (Wildman–Crippen MR) is 117 cm³/mol. The first-order valence-electron chi connectivity index (χ1n) is 10.2. The topological polar surface area (TPSA) is 97.3 Å². The Hall–Kier alpha value is -2.17. The van der Waals surface area contributed by atoms with E-state index in [0.29, 0.717) is 0 Å². The van der Waals surface area contributed by atoms with E-state index in [1.807, 2.05) is 35.0 Å². The van der Waals surface area contributed by atoms with Gasteiger partial charge >= 0.3 is 6.03 Å². The lowest BCUT2D eigenvalue weighted by atomic mass is 10.0. The van der Waals surface area contributed by atoms with Gasteiger partial charge in [-0.3, -0.25) is 4.90 Å². The molecular formula is C21H28N4O4S. The number of hydrogen-bond donors (Lipinski definition) is 4. The number of nitrogens with one attached hydrogen (secondary N) is 2. The molecule has 2 fully saturated rings. The summed E-state index contributed by atoms with van der Waals surface area (Å²) in [6, 6.07) is 11.5. The van der Waals surface area contributed by atoms with Crippen molar-refractivity contribution in [2.75, 3.05) is 49.5 Å². The minimum absolute atomic E-state index is 0.251. The average molecular weight is 433 g/mol. The Morgan fingerprint density at radius 2 is 1.90 bits per heavy atom. The molecule has 3 heterocycles. The fourth-order valence-corrected chi connectivity index (χ4v) is 4.81. The van der Waals surface area contributed by atoms with Crippen molar-refractivity contribution in [1.82, 2.24) is 10.2 Å². The van der Waals surface area contributed by atoms with Crippen molar-refractivity contribution in [2.45, 2.75) is 24.4 Å². The Morgan fingerprint density at radius 1 is 1.13 bits per heavy atom. The summed E-state index contributed by atoms with van der Waals surface area (Å²) >= 11 is 1.51. The van der Waals surface area contributed by atoms with Crippen molar-refractivity contribution >= 4 is 28.7 Å². The Kier molecular flexibility index (Phi) is 6.86. The normalized spacial score (nSPS) is 27.2. The summed E-state index contributed by atoms with van der Waals surface area (Å²) in [5, 5.41) is 29.7. The summed E-state index contributed by atoms with van der Waals surface area (Å²) in [4.78, 5) is 16.7. The smallest absolute Gasteiger partial charge is 0.319 e. The summed E-state index contributed by atoms with van der Waals surface area (Å²) in [5.74, 6) is 0. The van der Waals surface area contributed by atoms with E-state index >= 15 is 0 Å². The van der Waals surface area contributed by atoms with Crippen LogP contribution in [-0.4, -0.2) is 84.8 Å². The van der Waals surface area contributed by atoms with E-state index in [1.165, 1.54) is 17.0 Å². The average Bonchev–Trinajstić information content (AvgIpc) is 3.40. The lowest BCUT2D eigenvalue weighted by Gasteiger charge is -2.41. The zero-order chi connectivity index (χ0) is 20.9. The van der Waals surface area contributed by atoms with Crippen molar-refractivity contribution in [1.29, 1.82) is 0 Å². The number of thiophene rings is 1. The summed E-state index contributed by atoms with van der Waals surface area (Å²) in [7, 11) is 0. The zero-order valence-corrected chi connectivity index (χ0v) is 17.5. The van der Waals surface area contributed by atoms with E-state index in [4.69, 9.17) is 4.74 Å². The van der Waals surface area contributed by atoms with Crippen LogP contribution in [-0.2, 0) is 4.74 Å². The molecule has 0 radical (unpaired) electrons. The number of aliphatic hydroxyl groups excluding tert-OH is 2. The fourth-order valence-electron chi connectivity index (χ4n) is 4.22. The fraction of sp³-hybridized carbons (Fsp3) is 0.476. The third-order valence-electron chi connectivity index (χ3n) is 5.74. The molecule has 9 heteroatoms. The van der Waals surface area contributed by atoms with Crippen LogP contribution in [0.5, 0.6) is 0 Å². The highest BCUT2D eigenvalue weighted by Crippen LogP contribution is 2.27. The number of amides is 2. The number of carbonyl (C=O) groups excluding carboxylic acids is 1. The molecule has 2 saturated heterocycles. The molecule has 30 heavy (non-hydrogen) atoms. The second-order valence-electron chi connectivity index (χ2n) is 7.58. The largest absolute Gasteiger partial charge is 0.394 e. The van der Waals surface area contributed by atoms with Gasteiger partial charge in [-0.15, -0.1) is 0 Å². The van der Waals surface area contributed by atoms with Crippen LogP contribution in [0.2, 0.25) is 0 Å². The molecule has 0 spiro atoms. The molecule has 1 aromatic heterocycles. The third kappa shape index (κ3) is 4.76. The molecule has 2 amide bonds. The Bertz CT molecular complexity index is 799. The minimum Gasteiger partial charge on any atom is -0.394 e. The van der Waals surface area contributed by atoms with Gasteiger partial charge in [0.1, 0.15) is 12.2 Å². The van der Waals surface area contributed by atoms with Gasteiger partial charge in [0, 0.05) is 43.8 Å². The number of urea groups is 1. The SMILES string of the molecule is O=C(NC[C@H]1O[C@@H](CO)[C@@H](O)[C@H]1N1CCN(c2ccccc2)CC1)Nc1ccsc1. The van der Waals surface area contributed by atoms with Gasteiger partial charge in [-0.25, -0.2) is 4.79 Å². The standard InChI is InChI=1S/C21H28N4O4S/c26-13-18-20(27)19(17(29-18)12-22-21(28)23-15-6-11-30-14-15)25-9-7-24(8-10-25)16-4-2-1-3-5-16/h1-6,11,14,17-20,26-27H,7-10,12-13H2,(H2,22,23,28)/t17-,18+,19+,20-/m1/s1. The number of piperazine rings is 1. The lowest BCUT2D eigenvalue weighted by molar-refractivity contribution is -0.0205. The van der Waals surface area contributed by atoms with Crippen LogP contribution in [0.25, 0.3) is 0 Å². The van der Waals surface area contributed by atoms with Gasteiger partial charge in [-0.1, -0.05) is 18.2 Å². The van der Waals surface area contributed by atoms with Crippen LogP contribution in [0.1, 0.15) is 0 Å². The van der Waals surface area contributed by atoms with Crippen molar-refractivity contribution < 1.29 is 19.7 Å². The molecule has 4 rings (SSSR count). The molecule has 0 aliphatic carbocycles. The van der Waals surface area contributed by atoms with Gasteiger partial charge in [0.05, 0.1) is 24.4 Å². The minimum atomic E-state index is -0.801. The lowest BCUT2D eigenvalue weighted by Crippen LogP contribution is -2.57. The second-order valence-corrected chi connectivity index (χ2v) is 8.36. The first kappa shape index (κ1) is 21.1. The van der Waals surface area contributed by atoms with Crippen LogP contribution >= 0.6 is 11.3 Å². The van der Waals surface area contributed by atoms with Crippen molar-refractivity contribution in [3.8, 4) is 0 Å². The number of aliphatic hydroxyl groups is 2. The maximum absolute atomic E-state index is 12.2. The Balaban J connectivity index is 1.35. The van der Waals surface area contributed by atoms with Crippen LogP contribution in [0.15, 0.2) is 47.2 Å². The maximum atomic E-state index is 12.2. The van der Waals surface area contributed by atoms with E-state index in [0.717, 1.165) is 31.9 Å². The highest BCUT2D eigenvalue weighted by atomic mass is 32.1. The summed E-state index contributed by atoms with van der Waals surface area (Å²) in [6.07, 6.45) is -1.84. The highest BCUT2D eigenvalue weighted by Gasteiger charge is 2.46. The number of para-hydroxylation sites is 1. The molecule has 4 N–H and O–H groups in total. The number of carbonyl (C=O) groups is 1. The van der Waals surface area contributed by atoms with Gasteiger partial charge in [0.25, 0.3) is 0 Å².